The van der Waals surface area contributed by atoms with Gasteiger partial charge in [-0.1, -0.05) is 11.5 Å². The van der Waals surface area contributed by atoms with Gasteiger partial charge in [0.05, 0.1) is 11.2 Å². The summed E-state index contributed by atoms with van der Waals surface area (Å²) in [5.74, 6) is 2.11. The van der Waals surface area contributed by atoms with Gasteiger partial charge in [-0.25, -0.2) is 4.79 Å². The van der Waals surface area contributed by atoms with Crippen molar-refractivity contribution in [1.82, 2.24) is 4.90 Å². The molecule has 0 unspecified atom stereocenters. The highest BCUT2D eigenvalue weighted by molar-refractivity contribution is 6.51. The van der Waals surface area contributed by atoms with E-state index in [9.17, 15) is 4.79 Å². The highest BCUT2D eigenvalue weighted by atomic mass is 16.7. The quantitative estimate of drug-likeness (QED) is 0.755. The first-order chi connectivity index (χ1) is 9.63. The minimum absolute atomic E-state index is 0.174. The van der Waals surface area contributed by atoms with E-state index in [0.717, 1.165) is 19.3 Å². The van der Waals surface area contributed by atoms with Crippen molar-refractivity contribution < 1.29 is 19.2 Å². The molecule has 3 fully saturated rings. The summed E-state index contributed by atoms with van der Waals surface area (Å²) in [6.45, 7) is 9.55. The second-order valence-electron chi connectivity index (χ2n) is 7.77. The number of rotatable bonds is 1. The molecule has 0 radical (unpaired) electrons. The first-order valence-corrected chi connectivity index (χ1v) is 7.66. The summed E-state index contributed by atoms with van der Waals surface area (Å²) in [5, 5.41) is 8.96. The average molecular weight is 293 g/mol. The number of nitrogens with zero attached hydrogens (tertiary/aromatic N) is 1. The van der Waals surface area contributed by atoms with E-state index < -0.39 is 6.09 Å². The normalized spacial score (nSPS) is 31.0. The molecule has 1 aliphatic carbocycles. The van der Waals surface area contributed by atoms with E-state index in [4.69, 9.17) is 14.4 Å². The maximum atomic E-state index is 10.9. The van der Waals surface area contributed by atoms with E-state index in [0.29, 0.717) is 13.1 Å². The van der Waals surface area contributed by atoms with E-state index in [2.05, 4.69) is 33.7 Å². The Labute approximate surface area is 126 Å². The van der Waals surface area contributed by atoms with Crippen LogP contribution < -0.4 is 0 Å². The molecule has 21 heavy (non-hydrogen) atoms. The number of hydrogen-bond donors (Lipinski definition) is 1. The maximum absolute atomic E-state index is 10.9. The summed E-state index contributed by atoms with van der Waals surface area (Å²) in [4.78, 5) is 12.4. The van der Waals surface area contributed by atoms with Crippen LogP contribution in [0.4, 0.5) is 4.79 Å². The molecule has 2 aliphatic heterocycles. The largest absolute Gasteiger partial charge is 0.487 e. The first-order valence-electron chi connectivity index (χ1n) is 7.66. The SMILES string of the molecule is CC1(C)OB(/C=C2/CCC3(C2)CN(C(=O)O)C3)OC1(C)C. The van der Waals surface area contributed by atoms with Crippen molar-refractivity contribution in [1.29, 1.82) is 0 Å². The predicted molar refractivity (Wildman–Crippen MR) is 80.0 cm³/mol. The minimum atomic E-state index is -0.802. The van der Waals surface area contributed by atoms with E-state index in [1.165, 1.54) is 10.5 Å². The number of carbonyl (C=O) groups is 1. The van der Waals surface area contributed by atoms with E-state index in [-0.39, 0.29) is 23.7 Å². The average Bonchev–Trinajstić information content (AvgIpc) is 2.76. The van der Waals surface area contributed by atoms with Crippen LogP contribution in [0.2, 0.25) is 0 Å². The van der Waals surface area contributed by atoms with Crippen LogP contribution in [0.15, 0.2) is 11.5 Å². The van der Waals surface area contributed by atoms with Crippen LogP contribution in [-0.4, -0.2) is 47.5 Å². The van der Waals surface area contributed by atoms with Crippen molar-refractivity contribution in [2.24, 2.45) is 5.41 Å². The predicted octanol–water partition coefficient (Wildman–Crippen LogP) is 2.71. The highest BCUT2D eigenvalue weighted by Gasteiger charge is 2.52. The fraction of sp³-hybridized carbons (Fsp3) is 0.800. The molecule has 0 bridgehead atoms. The number of carboxylic acid groups (broad SMARTS) is 1. The Morgan fingerprint density at radius 1 is 1.24 bits per heavy atom. The molecular weight excluding hydrogens is 269 g/mol. The molecule has 116 valence electrons. The molecule has 5 nitrogen and oxygen atoms in total. The van der Waals surface area contributed by atoms with Crippen molar-refractivity contribution in [2.75, 3.05) is 13.1 Å². The van der Waals surface area contributed by atoms with E-state index >= 15 is 0 Å². The summed E-state index contributed by atoms with van der Waals surface area (Å²) in [6, 6.07) is 0. The molecule has 2 saturated heterocycles. The molecule has 3 rings (SSSR count). The lowest BCUT2D eigenvalue weighted by Gasteiger charge is -2.46. The van der Waals surface area contributed by atoms with Crippen LogP contribution in [0.5, 0.6) is 0 Å². The molecule has 1 N–H and O–H groups in total. The van der Waals surface area contributed by atoms with Gasteiger partial charge in [0.25, 0.3) is 0 Å². The summed E-state index contributed by atoms with van der Waals surface area (Å²) in [7, 11) is -0.282. The monoisotopic (exact) mass is 293 g/mol. The third-order valence-electron chi connectivity index (χ3n) is 5.54. The zero-order valence-corrected chi connectivity index (χ0v) is 13.3. The molecule has 0 aromatic rings. The van der Waals surface area contributed by atoms with Gasteiger partial charge < -0.3 is 19.3 Å². The molecule has 0 atom stereocenters. The summed E-state index contributed by atoms with van der Waals surface area (Å²) >= 11 is 0. The van der Waals surface area contributed by atoms with Gasteiger partial charge in [-0.05, 0) is 47.0 Å². The number of amides is 1. The number of allylic oxidation sites excluding steroid dienone is 1. The summed E-state index contributed by atoms with van der Waals surface area (Å²) < 4.78 is 12.0. The van der Waals surface area contributed by atoms with Crippen LogP contribution in [0.1, 0.15) is 47.0 Å². The van der Waals surface area contributed by atoms with Gasteiger partial charge in [0.15, 0.2) is 0 Å². The summed E-state index contributed by atoms with van der Waals surface area (Å²) in [6.07, 6.45) is 2.27. The van der Waals surface area contributed by atoms with Crippen molar-refractivity contribution in [3.8, 4) is 0 Å². The zero-order valence-electron chi connectivity index (χ0n) is 13.3. The molecule has 3 aliphatic rings. The lowest BCUT2D eigenvalue weighted by Crippen LogP contribution is -2.56. The fourth-order valence-corrected chi connectivity index (χ4v) is 3.54. The number of hydrogen-bond acceptors (Lipinski definition) is 3. The first kappa shape index (κ1) is 14.9. The van der Waals surface area contributed by atoms with Crippen molar-refractivity contribution in [2.45, 2.75) is 58.2 Å². The lowest BCUT2D eigenvalue weighted by atomic mass is 9.77. The molecule has 6 heteroatoms. The van der Waals surface area contributed by atoms with E-state index in [1.807, 2.05) is 0 Å². The fourth-order valence-electron chi connectivity index (χ4n) is 3.54. The van der Waals surface area contributed by atoms with Crippen LogP contribution in [0.25, 0.3) is 0 Å². The second kappa shape index (κ2) is 4.49. The molecule has 1 saturated carbocycles. The van der Waals surface area contributed by atoms with Gasteiger partial charge in [-0.2, -0.15) is 0 Å². The molecule has 2 heterocycles. The zero-order chi connectivity index (χ0) is 15.5. The van der Waals surface area contributed by atoms with Gasteiger partial charge in [0.2, 0.25) is 0 Å². The number of likely N-dealkylation sites (tertiary alicyclic amines) is 1. The Bertz CT molecular complexity index is 478. The van der Waals surface area contributed by atoms with Gasteiger partial charge in [0.1, 0.15) is 0 Å². The van der Waals surface area contributed by atoms with Gasteiger partial charge in [-0.3, -0.25) is 0 Å². The molecule has 1 spiro atoms. The summed E-state index contributed by atoms with van der Waals surface area (Å²) in [5.41, 5.74) is 0.912. The topological polar surface area (TPSA) is 59.0 Å². The van der Waals surface area contributed by atoms with Gasteiger partial charge in [0, 0.05) is 18.5 Å². The molecule has 0 aromatic heterocycles. The van der Waals surface area contributed by atoms with Crippen molar-refractivity contribution in [3.63, 3.8) is 0 Å². The van der Waals surface area contributed by atoms with Crippen LogP contribution in [0, 0.1) is 5.41 Å². The third-order valence-corrected chi connectivity index (χ3v) is 5.54. The Morgan fingerprint density at radius 2 is 1.81 bits per heavy atom. The van der Waals surface area contributed by atoms with E-state index in [1.54, 1.807) is 0 Å². The lowest BCUT2D eigenvalue weighted by molar-refractivity contribution is 0.00578. The second-order valence-corrected chi connectivity index (χ2v) is 7.77. The standard InChI is InChI=1S/C15H24BNO4/c1-13(2)14(3,4)21-16(20-13)8-11-5-6-15(7-11)9-17(10-15)12(18)19/h8H,5-7,9-10H2,1-4H3,(H,18,19)/b11-8-. The Balaban J connectivity index is 1.62. The molecular formula is C15H24BNO4. The Kier molecular flexibility index (Phi) is 3.19. The highest BCUT2D eigenvalue weighted by Crippen LogP contribution is 2.48. The van der Waals surface area contributed by atoms with Gasteiger partial charge >= 0.3 is 13.2 Å². The third kappa shape index (κ3) is 2.48. The molecule has 1 amide bonds. The van der Waals surface area contributed by atoms with Crippen molar-refractivity contribution in [3.05, 3.63) is 11.5 Å². The van der Waals surface area contributed by atoms with Crippen LogP contribution in [-0.2, 0) is 9.31 Å². The molecule has 0 aromatic carbocycles. The van der Waals surface area contributed by atoms with Crippen LogP contribution in [0.3, 0.4) is 0 Å². The van der Waals surface area contributed by atoms with Crippen molar-refractivity contribution >= 4 is 13.2 Å². The van der Waals surface area contributed by atoms with Crippen LogP contribution >= 0.6 is 0 Å². The maximum Gasteiger partial charge on any atom is 0.487 e. The minimum Gasteiger partial charge on any atom is -0.465 e. The Morgan fingerprint density at radius 3 is 2.33 bits per heavy atom. The Hall–Kier alpha value is -1.01. The smallest absolute Gasteiger partial charge is 0.465 e. The van der Waals surface area contributed by atoms with Gasteiger partial charge in [-0.15, -0.1) is 0 Å².